The van der Waals surface area contributed by atoms with Gasteiger partial charge in [0.25, 0.3) is 0 Å². The predicted octanol–water partition coefficient (Wildman–Crippen LogP) is 2.78. The zero-order chi connectivity index (χ0) is 10.0. The van der Waals surface area contributed by atoms with E-state index in [2.05, 4.69) is 0 Å². The Kier molecular flexibility index (Phi) is 2.88. The smallest absolute Gasteiger partial charge is 0.166 e. The maximum Gasteiger partial charge on any atom is 0.166 e. The fourth-order valence-electron chi connectivity index (χ4n) is 0.950. The number of carbonyl (C=O) groups is 1. The van der Waals surface area contributed by atoms with E-state index in [1.807, 2.05) is 0 Å². The van der Waals surface area contributed by atoms with Gasteiger partial charge in [-0.25, -0.2) is 4.39 Å². The van der Waals surface area contributed by atoms with E-state index >= 15 is 0 Å². The summed E-state index contributed by atoms with van der Waals surface area (Å²) >= 11 is 5.39. The lowest BCUT2D eigenvalue weighted by Gasteiger charge is -2.02. The summed E-state index contributed by atoms with van der Waals surface area (Å²) < 4.78 is 12.9. The Labute approximate surface area is 80.0 Å². The highest BCUT2D eigenvalue weighted by molar-refractivity contribution is 6.31. The lowest BCUT2D eigenvalue weighted by atomic mass is 10.1. The fourth-order valence-corrected chi connectivity index (χ4v) is 1.11. The molecule has 1 aromatic rings. The van der Waals surface area contributed by atoms with E-state index in [1.54, 1.807) is 6.92 Å². The van der Waals surface area contributed by atoms with Crippen LogP contribution < -0.4 is 0 Å². The zero-order valence-electron chi connectivity index (χ0n) is 6.97. The van der Waals surface area contributed by atoms with Gasteiger partial charge in [0, 0.05) is 12.5 Å². The van der Waals surface area contributed by atoms with Crippen molar-refractivity contribution in [3.05, 3.63) is 28.5 Å². The van der Waals surface area contributed by atoms with E-state index in [4.69, 9.17) is 11.6 Å². The minimum absolute atomic E-state index is 0.0237. The number of phenolic OH excluding ortho intramolecular Hbond substituents is 1. The molecule has 0 heterocycles. The largest absolute Gasteiger partial charge is 0.507 e. The summed E-state index contributed by atoms with van der Waals surface area (Å²) in [4.78, 5) is 11.1. The van der Waals surface area contributed by atoms with Gasteiger partial charge in [-0.2, -0.15) is 0 Å². The second kappa shape index (κ2) is 3.75. The molecule has 0 aliphatic carbocycles. The van der Waals surface area contributed by atoms with E-state index < -0.39 is 5.82 Å². The summed E-state index contributed by atoms with van der Waals surface area (Å²) in [5, 5.41) is 9.06. The summed E-state index contributed by atoms with van der Waals surface area (Å²) in [5.41, 5.74) is -0.0237. The Balaban J connectivity index is 3.23. The number of carbonyl (C=O) groups excluding carboxylic acids is 1. The van der Waals surface area contributed by atoms with Crippen molar-refractivity contribution in [1.29, 1.82) is 0 Å². The molecule has 0 fully saturated rings. The van der Waals surface area contributed by atoms with E-state index in [-0.39, 0.29) is 28.5 Å². The molecule has 2 nitrogen and oxygen atoms in total. The van der Waals surface area contributed by atoms with Crippen LogP contribution in [0.1, 0.15) is 23.7 Å². The first kappa shape index (κ1) is 9.99. The van der Waals surface area contributed by atoms with Gasteiger partial charge in [-0.05, 0) is 6.07 Å². The van der Waals surface area contributed by atoms with Gasteiger partial charge in [0.05, 0.1) is 10.6 Å². The molecule has 0 radical (unpaired) electrons. The molecule has 1 aromatic carbocycles. The second-order valence-electron chi connectivity index (χ2n) is 2.56. The lowest BCUT2D eigenvalue weighted by Crippen LogP contribution is -1.98. The van der Waals surface area contributed by atoms with Crippen molar-refractivity contribution in [1.82, 2.24) is 0 Å². The molecule has 70 valence electrons. The summed E-state index contributed by atoms with van der Waals surface area (Å²) in [6, 6.07) is 1.98. The van der Waals surface area contributed by atoms with Gasteiger partial charge in [0.1, 0.15) is 11.6 Å². The Morgan fingerprint density at radius 1 is 1.62 bits per heavy atom. The average Bonchev–Trinajstić information content (AvgIpc) is 2.10. The molecule has 1 N–H and O–H groups in total. The fraction of sp³-hybridized carbons (Fsp3) is 0.222. The third kappa shape index (κ3) is 1.98. The van der Waals surface area contributed by atoms with Crippen LogP contribution in [0.3, 0.4) is 0 Å². The van der Waals surface area contributed by atoms with Crippen molar-refractivity contribution in [2.24, 2.45) is 0 Å². The van der Waals surface area contributed by atoms with Crippen LogP contribution in [0.15, 0.2) is 12.1 Å². The quantitative estimate of drug-likeness (QED) is 0.749. The van der Waals surface area contributed by atoms with Gasteiger partial charge in [-0.1, -0.05) is 18.5 Å². The van der Waals surface area contributed by atoms with Gasteiger partial charge in [-0.15, -0.1) is 0 Å². The van der Waals surface area contributed by atoms with Crippen LogP contribution in [0.4, 0.5) is 4.39 Å². The highest BCUT2D eigenvalue weighted by Gasteiger charge is 2.12. The Hall–Kier alpha value is -1.09. The normalized spacial score (nSPS) is 10.1. The first-order valence-corrected chi connectivity index (χ1v) is 4.15. The lowest BCUT2D eigenvalue weighted by molar-refractivity contribution is 0.0985. The Bertz CT molecular complexity index is 350. The first-order chi connectivity index (χ1) is 6.06. The van der Waals surface area contributed by atoms with Crippen LogP contribution in [-0.2, 0) is 0 Å². The van der Waals surface area contributed by atoms with Gasteiger partial charge in [0.2, 0.25) is 0 Å². The van der Waals surface area contributed by atoms with Crippen LogP contribution in [0.2, 0.25) is 5.02 Å². The van der Waals surface area contributed by atoms with Crippen LogP contribution in [0, 0.1) is 5.82 Å². The molecule has 0 saturated heterocycles. The predicted molar refractivity (Wildman–Crippen MR) is 47.7 cm³/mol. The number of aromatic hydroxyl groups is 1. The monoisotopic (exact) mass is 202 g/mol. The van der Waals surface area contributed by atoms with Gasteiger partial charge in [-0.3, -0.25) is 4.79 Å². The van der Waals surface area contributed by atoms with Crippen molar-refractivity contribution in [2.75, 3.05) is 0 Å². The molecule has 0 atom stereocenters. The third-order valence-electron chi connectivity index (χ3n) is 1.66. The number of rotatable bonds is 2. The summed E-state index contributed by atoms with van der Waals surface area (Å²) in [6.07, 6.45) is 0.217. The molecular formula is C9H8ClFO2. The number of hydrogen-bond donors (Lipinski definition) is 1. The SMILES string of the molecule is CCC(=O)c1cc(F)c(Cl)cc1O. The highest BCUT2D eigenvalue weighted by Crippen LogP contribution is 2.25. The topological polar surface area (TPSA) is 37.3 Å². The van der Waals surface area contributed by atoms with Crippen molar-refractivity contribution in [3.63, 3.8) is 0 Å². The van der Waals surface area contributed by atoms with Crippen molar-refractivity contribution in [2.45, 2.75) is 13.3 Å². The molecule has 0 amide bonds. The molecule has 0 aliphatic heterocycles. The summed E-state index contributed by atoms with van der Waals surface area (Å²) in [7, 11) is 0. The maximum atomic E-state index is 12.9. The number of phenols is 1. The standard InChI is InChI=1S/C9H8ClFO2/c1-2-8(12)5-3-7(11)6(10)4-9(5)13/h3-4,13H,2H2,1H3. The van der Waals surface area contributed by atoms with Crippen molar-refractivity contribution in [3.8, 4) is 5.75 Å². The second-order valence-corrected chi connectivity index (χ2v) is 2.97. The number of ketones is 1. The molecule has 1 rings (SSSR count). The number of Topliss-reactive ketones (excluding diaryl/α,β-unsaturated/α-hetero) is 1. The van der Waals surface area contributed by atoms with E-state index in [1.165, 1.54) is 0 Å². The molecular weight excluding hydrogens is 195 g/mol. The van der Waals surface area contributed by atoms with E-state index in [9.17, 15) is 14.3 Å². The van der Waals surface area contributed by atoms with Crippen LogP contribution >= 0.6 is 11.6 Å². The van der Waals surface area contributed by atoms with Crippen LogP contribution in [-0.4, -0.2) is 10.9 Å². The third-order valence-corrected chi connectivity index (χ3v) is 1.95. The van der Waals surface area contributed by atoms with Crippen molar-refractivity contribution >= 4 is 17.4 Å². The summed E-state index contributed by atoms with van der Waals surface area (Å²) in [5.74, 6) is -1.29. The first-order valence-electron chi connectivity index (χ1n) is 3.77. The number of benzene rings is 1. The van der Waals surface area contributed by atoms with Crippen LogP contribution in [0.25, 0.3) is 0 Å². The molecule has 0 aromatic heterocycles. The van der Waals surface area contributed by atoms with Gasteiger partial charge >= 0.3 is 0 Å². The molecule has 4 heteroatoms. The number of hydrogen-bond acceptors (Lipinski definition) is 2. The van der Waals surface area contributed by atoms with Gasteiger partial charge < -0.3 is 5.11 Å². The molecule has 0 unspecified atom stereocenters. The molecule has 0 saturated carbocycles. The molecule has 0 aliphatic rings. The van der Waals surface area contributed by atoms with Crippen LogP contribution in [0.5, 0.6) is 5.75 Å². The Morgan fingerprint density at radius 2 is 2.23 bits per heavy atom. The minimum Gasteiger partial charge on any atom is -0.507 e. The van der Waals surface area contributed by atoms with E-state index in [0.29, 0.717) is 0 Å². The minimum atomic E-state index is -0.698. The summed E-state index contributed by atoms with van der Waals surface area (Å²) in [6.45, 7) is 1.63. The highest BCUT2D eigenvalue weighted by atomic mass is 35.5. The number of halogens is 2. The van der Waals surface area contributed by atoms with E-state index in [0.717, 1.165) is 12.1 Å². The van der Waals surface area contributed by atoms with Crippen molar-refractivity contribution < 1.29 is 14.3 Å². The zero-order valence-corrected chi connectivity index (χ0v) is 7.73. The molecule has 0 spiro atoms. The Morgan fingerprint density at radius 3 is 2.77 bits per heavy atom. The molecule has 13 heavy (non-hydrogen) atoms. The average molecular weight is 203 g/mol. The van der Waals surface area contributed by atoms with Gasteiger partial charge in [0.15, 0.2) is 5.78 Å². The maximum absolute atomic E-state index is 12.9. The molecule has 0 bridgehead atoms.